The van der Waals surface area contributed by atoms with Crippen molar-refractivity contribution < 1.29 is 0 Å². The molecule has 0 spiro atoms. The summed E-state index contributed by atoms with van der Waals surface area (Å²) >= 11 is 0. The van der Waals surface area contributed by atoms with Gasteiger partial charge in [-0.05, 0) is 50.6 Å². The van der Waals surface area contributed by atoms with Crippen LogP contribution in [0.3, 0.4) is 0 Å². The second-order valence-electron chi connectivity index (χ2n) is 4.63. The topological polar surface area (TPSA) is 29.9 Å². The Kier molecular flexibility index (Phi) is 2.40. The number of hydrogen-bond acceptors (Lipinski definition) is 2. The number of pyridine rings is 1. The molecule has 1 fully saturated rings. The number of rotatable bonds is 1. The fraction of sp³-hybridized carbons (Fsp3) is 0.462. The summed E-state index contributed by atoms with van der Waals surface area (Å²) < 4.78 is 2.34. The van der Waals surface area contributed by atoms with E-state index in [9.17, 15) is 0 Å². The van der Waals surface area contributed by atoms with E-state index in [1.165, 1.54) is 23.8 Å². The Morgan fingerprint density at radius 1 is 1.38 bits per heavy atom. The number of nitrogens with one attached hydrogen (secondary N) is 1. The average Bonchev–Trinajstić information content (AvgIpc) is 2.73. The molecule has 2 aromatic heterocycles. The minimum Gasteiger partial charge on any atom is -0.329 e. The maximum atomic E-state index is 4.56. The monoisotopic (exact) mass is 215 g/mol. The summed E-state index contributed by atoms with van der Waals surface area (Å²) in [6.07, 6.45) is 6.56. The summed E-state index contributed by atoms with van der Waals surface area (Å²) in [6, 6.07) is 5.01. The van der Waals surface area contributed by atoms with Crippen molar-refractivity contribution in [3.05, 3.63) is 30.1 Å². The van der Waals surface area contributed by atoms with Crippen molar-refractivity contribution in [3.8, 4) is 0 Å². The van der Waals surface area contributed by atoms with Gasteiger partial charge in [-0.2, -0.15) is 0 Å². The van der Waals surface area contributed by atoms with E-state index in [0.717, 1.165) is 18.7 Å². The molecule has 0 bridgehead atoms. The molecule has 3 heteroatoms. The summed E-state index contributed by atoms with van der Waals surface area (Å²) in [5.41, 5.74) is 2.37. The lowest BCUT2D eigenvalue weighted by Crippen LogP contribution is -2.29. The van der Waals surface area contributed by atoms with Crippen LogP contribution >= 0.6 is 0 Å². The third kappa shape index (κ3) is 1.61. The van der Waals surface area contributed by atoms with Gasteiger partial charge in [0, 0.05) is 23.8 Å². The fourth-order valence-electron chi connectivity index (χ4n) is 2.53. The van der Waals surface area contributed by atoms with Gasteiger partial charge >= 0.3 is 0 Å². The van der Waals surface area contributed by atoms with E-state index in [1.807, 2.05) is 6.20 Å². The van der Waals surface area contributed by atoms with Gasteiger partial charge in [-0.25, -0.2) is 4.98 Å². The van der Waals surface area contributed by atoms with Gasteiger partial charge in [0.25, 0.3) is 0 Å². The minimum atomic E-state index is 0.619. The fourth-order valence-corrected chi connectivity index (χ4v) is 2.53. The Morgan fingerprint density at radius 2 is 2.19 bits per heavy atom. The zero-order valence-corrected chi connectivity index (χ0v) is 9.61. The van der Waals surface area contributed by atoms with Crippen molar-refractivity contribution in [1.29, 1.82) is 0 Å². The predicted molar refractivity (Wildman–Crippen MR) is 65.6 cm³/mol. The SMILES string of the molecule is Cc1cnc2c(ccn2C2CCNCC2)c1. The number of nitrogens with zero attached hydrogens (tertiary/aromatic N) is 2. The largest absolute Gasteiger partial charge is 0.329 e. The van der Waals surface area contributed by atoms with Crippen LogP contribution < -0.4 is 5.32 Å². The van der Waals surface area contributed by atoms with E-state index in [4.69, 9.17) is 0 Å². The number of aromatic nitrogens is 2. The number of piperidine rings is 1. The average molecular weight is 215 g/mol. The van der Waals surface area contributed by atoms with E-state index in [2.05, 4.69) is 40.1 Å². The lowest BCUT2D eigenvalue weighted by atomic mass is 10.1. The number of fused-ring (bicyclic) bond motifs is 1. The molecule has 1 N–H and O–H groups in total. The van der Waals surface area contributed by atoms with Crippen molar-refractivity contribution in [2.24, 2.45) is 0 Å². The second kappa shape index (κ2) is 3.91. The quantitative estimate of drug-likeness (QED) is 0.791. The van der Waals surface area contributed by atoms with E-state index in [0.29, 0.717) is 6.04 Å². The molecule has 1 aliphatic rings. The lowest BCUT2D eigenvalue weighted by Gasteiger charge is -2.24. The standard InChI is InChI=1S/C13H17N3/c1-10-8-11-4-7-16(13(11)15-9-10)12-2-5-14-6-3-12/h4,7-9,12,14H,2-3,5-6H2,1H3. The van der Waals surface area contributed by atoms with E-state index in [-0.39, 0.29) is 0 Å². The molecule has 1 saturated heterocycles. The van der Waals surface area contributed by atoms with Crippen molar-refractivity contribution in [1.82, 2.24) is 14.9 Å². The van der Waals surface area contributed by atoms with Crippen molar-refractivity contribution in [2.75, 3.05) is 13.1 Å². The van der Waals surface area contributed by atoms with E-state index >= 15 is 0 Å². The van der Waals surface area contributed by atoms with Gasteiger partial charge in [0.15, 0.2) is 0 Å². The van der Waals surface area contributed by atoms with Crippen LogP contribution in [0.2, 0.25) is 0 Å². The molecule has 16 heavy (non-hydrogen) atoms. The van der Waals surface area contributed by atoms with Crippen molar-refractivity contribution in [3.63, 3.8) is 0 Å². The molecule has 0 aliphatic carbocycles. The maximum Gasteiger partial charge on any atom is 0.140 e. The van der Waals surface area contributed by atoms with Gasteiger partial charge < -0.3 is 9.88 Å². The van der Waals surface area contributed by atoms with Gasteiger partial charge in [0.2, 0.25) is 0 Å². The second-order valence-corrected chi connectivity index (χ2v) is 4.63. The van der Waals surface area contributed by atoms with Crippen LogP contribution in [-0.4, -0.2) is 22.6 Å². The maximum absolute atomic E-state index is 4.56. The van der Waals surface area contributed by atoms with Gasteiger partial charge in [-0.3, -0.25) is 0 Å². The summed E-state index contributed by atoms with van der Waals surface area (Å²) in [4.78, 5) is 4.56. The number of aryl methyl sites for hydroxylation is 1. The Hall–Kier alpha value is -1.35. The van der Waals surface area contributed by atoms with Crippen LogP contribution in [0, 0.1) is 6.92 Å². The smallest absolute Gasteiger partial charge is 0.140 e. The van der Waals surface area contributed by atoms with Crippen LogP contribution in [0.4, 0.5) is 0 Å². The van der Waals surface area contributed by atoms with Gasteiger partial charge in [-0.1, -0.05) is 0 Å². The highest BCUT2D eigenvalue weighted by Gasteiger charge is 2.16. The van der Waals surface area contributed by atoms with Crippen molar-refractivity contribution >= 4 is 11.0 Å². The van der Waals surface area contributed by atoms with Gasteiger partial charge in [0.05, 0.1) is 0 Å². The summed E-state index contributed by atoms with van der Waals surface area (Å²) in [6.45, 7) is 4.33. The Balaban J connectivity index is 2.03. The zero-order chi connectivity index (χ0) is 11.0. The lowest BCUT2D eigenvalue weighted by molar-refractivity contribution is 0.375. The Morgan fingerprint density at radius 3 is 3.00 bits per heavy atom. The molecule has 3 heterocycles. The molecule has 0 amide bonds. The van der Waals surface area contributed by atoms with Crippen LogP contribution in [0.1, 0.15) is 24.4 Å². The molecular weight excluding hydrogens is 198 g/mol. The first-order valence-corrected chi connectivity index (χ1v) is 5.98. The zero-order valence-electron chi connectivity index (χ0n) is 9.61. The molecule has 0 atom stereocenters. The normalized spacial score (nSPS) is 18.1. The number of hydrogen-bond donors (Lipinski definition) is 1. The van der Waals surface area contributed by atoms with Crippen LogP contribution in [0.5, 0.6) is 0 Å². The van der Waals surface area contributed by atoms with E-state index in [1.54, 1.807) is 0 Å². The highest BCUT2D eigenvalue weighted by Crippen LogP contribution is 2.24. The first-order valence-electron chi connectivity index (χ1n) is 5.98. The molecular formula is C13H17N3. The molecule has 0 saturated carbocycles. The molecule has 3 rings (SSSR count). The van der Waals surface area contributed by atoms with Crippen LogP contribution in [-0.2, 0) is 0 Å². The van der Waals surface area contributed by atoms with Gasteiger partial charge in [-0.15, -0.1) is 0 Å². The minimum absolute atomic E-state index is 0.619. The molecule has 1 aliphatic heterocycles. The Bertz CT molecular complexity index is 495. The summed E-state index contributed by atoms with van der Waals surface area (Å²) in [5, 5.41) is 4.66. The third-order valence-electron chi connectivity index (χ3n) is 3.39. The predicted octanol–water partition coefficient (Wildman–Crippen LogP) is 2.27. The van der Waals surface area contributed by atoms with Crippen LogP contribution in [0.25, 0.3) is 11.0 Å². The summed E-state index contributed by atoms with van der Waals surface area (Å²) in [7, 11) is 0. The molecule has 0 radical (unpaired) electrons. The third-order valence-corrected chi connectivity index (χ3v) is 3.39. The van der Waals surface area contributed by atoms with Gasteiger partial charge in [0.1, 0.15) is 5.65 Å². The molecule has 3 nitrogen and oxygen atoms in total. The highest BCUT2D eigenvalue weighted by molar-refractivity contribution is 5.76. The summed E-state index contributed by atoms with van der Waals surface area (Å²) in [5.74, 6) is 0. The Labute approximate surface area is 95.5 Å². The molecule has 0 aromatic carbocycles. The molecule has 0 unspecified atom stereocenters. The first-order chi connectivity index (χ1) is 7.84. The van der Waals surface area contributed by atoms with E-state index < -0.39 is 0 Å². The van der Waals surface area contributed by atoms with Crippen LogP contribution in [0.15, 0.2) is 24.5 Å². The molecule has 2 aromatic rings. The highest BCUT2D eigenvalue weighted by atomic mass is 15.1. The van der Waals surface area contributed by atoms with Crippen molar-refractivity contribution in [2.45, 2.75) is 25.8 Å². The molecule has 84 valence electrons. The first kappa shape index (κ1) is 9.85.